The predicted octanol–water partition coefficient (Wildman–Crippen LogP) is 4.04. The number of thiazole rings is 2. The highest BCUT2D eigenvalue weighted by Gasteiger charge is 2.20. The SMILES string of the molecule is Cc1cnc(N2CCN(Cc3csc(-c4ccc(F)cc4)n3)CC2)s1. The average Bonchev–Trinajstić information content (AvgIpc) is 3.26. The monoisotopic (exact) mass is 374 g/mol. The summed E-state index contributed by atoms with van der Waals surface area (Å²) in [5.74, 6) is -0.214. The maximum absolute atomic E-state index is 13.0. The van der Waals surface area contributed by atoms with Gasteiger partial charge in [0.25, 0.3) is 0 Å². The third-order valence-electron chi connectivity index (χ3n) is 4.28. The molecule has 3 aromatic rings. The molecule has 0 N–H and O–H groups in total. The van der Waals surface area contributed by atoms with Crippen molar-refractivity contribution in [2.24, 2.45) is 0 Å². The van der Waals surface area contributed by atoms with Crippen molar-refractivity contribution in [3.63, 3.8) is 0 Å². The van der Waals surface area contributed by atoms with E-state index in [0.29, 0.717) is 0 Å². The number of hydrogen-bond acceptors (Lipinski definition) is 6. The standard InChI is InChI=1S/C18H19FN4S2/c1-13-10-20-18(25-13)23-8-6-22(7-9-23)11-16-12-24-17(21-16)14-2-4-15(19)5-3-14/h2-5,10,12H,6-9,11H2,1H3. The minimum atomic E-state index is -0.214. The minimum Gasteiger partial charge on any atom is -0.346 e. The Kier molecular flexibility index (Phi) is 4.78. The van der Waals surface area contributed by atoms with Crippen LogP contribution < -0.4 is 4.90 Å². The van der Waals surface area contributed by atoms with Crippen LogP contribution in [0.1, 0.15) is 10.6 Å². The van der Waals surface area contributed by atoms with Crippen LogP contribution in [-0.2, 0) is 6.54 Å². The largest absolute Gasteiger partial charge is 0.346 e. The van der Waals surface area contributed by atoms with Crippen LogP contribution in [0.4, 0.5) is 9.52 Å². The zero-order valence-electron chi connectivity index (χ0n) is 14.0. The third kappa shape index (κ3) is 3.89. The van der Waals surface area contributed by atoms with Crippen LogP contribution in [0.25, 0.3) is 10.6 Å². The van der Waals surface area contributed by atoms with Crippen molar-refractivity contribution in [2.45, 2.75) is 13.5 Å². The van der Waals surface area contributed by atoms with E-state index in [1.54, 1.807) is 34.8 Å². The molecule has 0 amide bonds. The number of nitrogens with zero attached hydrogens (tertiary/aromatic N) is 4. The zero-order valence-corrected chi connectivity index (χ0v) is 15.6. The summed E-state index contributed by atoms with van der Waals surface area (Å²) >= 11 is 3.38. The molecule has 0 spiro atoms. The van der Waals surface area contributed by atoms with E-state index in [0.717, 1.165) is 54.1 Å². The van der Waals surface area contributed by atoms with E-state index in [1.807, 2.05) is 6.20 Å². The van der Waals surface area contributed by atoms with Gasteiger partial charge >= 0.3 is 0 Å². The van der Waals surface area contributed by atoms with Crippen molar-refractivity contribution in [1.82, 2.24) is 14.9 Å². The molecule has 130 valence electrons. The van der Waals surface area contributed by atoms with E-state index in [1.165, 1.54) is 17.0 Å². The van der Waals surface area contributed by atoms with E-state index in [9.17, 15) is 4.39 Å². The molecule has 4 rings (SSSR count). The fourth-order valence-corrected chi connectivity index (χ4v) is 4.55. The Morgan fingerprint density at radius 2 is 1.88 bits per heavy atom. The van der Waals surface area contributed by atoms with Gasteiger partial charge in [-0.2, -0.15) is 0 Å². The topological polar surface area (TPSA) is 32.3 Å². The summed E-state index contributed by atoms with van der Waals surface area (Å²) in [6.45, 7) is 6.99. The second-order valence-electron chi connectivity index (χ2n) is 6.17. The number of piperazine rings is 1. The van der Waals surface area contributed by atoms with Gasteiger partial charge in [0.05, 0.1) is 5.69 Å². The van der Waals surface area contributed by atoms with Gasteiger partial charge in [-0.3, -0.25) is 4.90 Å². The van der Waals surface area contributed by atoms with Gasteiger partial charge in [0.2, 0.25) is 0 Å². The van der Waals surface area contributed by atoms with Gasteiger partial charge < -0.3 is 4.90 Å². The zero-order chi connectivity index (χ0) is 17.2. The molecule has 1 aromatic carbocycles. The fourth-order valence-electron chi connectivity index (χ4n) is 2.92. The molecular weight excluding hydrogens is 355 g/mol. The predicted molar refractivity (Wildman–Crippen MR) is 102 cm³/mol. The lowest BCUT2D eigenvalue weighted by atomic mass is 10.2. The number of hydrogen-bond donors (Lipinski definition) is 0. The number of halogens is 1. The molecule has 7 heteroatoms. The lowest BCUT2D eigenvalue weighted by Gasteiger charge is -2.34. The molecule has 4 nitrogen and oxygen atoms in total. The number of rotatable bonds is 4. The first-order valence-corrected chi connectivity index (χ1v) is 9.97. The minimum absolute atomic E-state index is 0.214. The van der Waals surface area contributed by atoms with Crippen molar-refractivity contribution >= 4 is 27.8 Å². The Balaban J connectivity index is 1.35. The fraction of sp³-hybridized carbons (Fsp3) is 0.333. The molecule has 1 aliphatic rings. The van der Waals surface area contributed by atoms with Crippen molar-refractivity contribution in [2.75, 3.05) is 31.1 Å². The molecule has 1 aliphatic heterocycles. The van der Waals surface area contributed by atoms with Crippen LogP contribution in [0.15, 0.2) is 35.8 Å². The molecule has 2 aromatic heterocycles. The Morgan fingerprint density at radius 3 is 2.56 bits per heavy atom. The lowest BCUT2D eigenvalue weighted by molar-refractivity contribution is 0.247. The highest BCUT2D eigenvalue weighted by atomic mass is 32.1. The summed E-state index contributed by atoms with van der Waals surface area (Å²) in [6, 6.07) is 6.53. The van der Waals surface area contributed by atoms with Crippen LogP contribution >= 0.6 is 22.7 Å². The molecular formula is C18H19FN4S2. The van der Waals surface area contributed by atoms with Crippen LogP contribution in [0.5, 0.6) is 0 Å². The molecule has 1 saturated heterocycles. The second kappa shape index (κ2) is 7.19. The van der Waals surface area contributed by atoms with Gasteiger partial charge in [-0.25, -0.2) is 14.4 Å². The Hall–Kier alpha value is -1.83. The van der Waals surface area contributed by atoms with E-state index in [2.05, 4.69) is 27.1 Å². The lowest BCUT2D eigenvalue weighted by Crippen LogP contribution is -2.45. The summed E-state index contributed by atoms with van der Waals surface area (Å²) < 4.78 is 13.0. The van der Waals surface area contributed by atoms with E-state index >= 15 is 0 Å². The van der Waals surface area contributed by atoms with Gasteiger partial charge in [-0.05, 0) is 31.2 Å². The molecule has 25 heavy (non-hydrogen) atoms. The van der Waals surface area contributed by atoms with Gasteiger partial charge in [0, 0.05) is 54.7 Å². The summed E-state index contributed by atoms with van der Waals surface area (Å²) in [7, 11) is 0. The third-order valence-corrected chi connectivity index (χ3v) is 6.19. The molecule has 0 atom stereocenters. The van der Waals surface area contributed by atoms with Crippen LogP contribution in [0.3, 0.4) is 0 Å². The average molecular weight is 375 g/mol. The Labute approximate surface area is 154 Å². The molecule has 0 radical (unpaired) electrons. The maximum Gasteiger partial charge on any atom is 0.185 e. The molecule has 0 saturated carbocycles. The maximum atomic E-state index is 13.0. The van der Waals surface area contributed by atoms with Gasteiger partial charge in [-0.1, -0.05) is 0 Å². The molecule has 3 heterocycles. The number of aryl methyl sites for hydroxylation is 1. The normalized spacial score (nSPS) is 15.7. The first-order chi connectivity index (χ1) is 12.2. The Morgan fingerprint density at radius 1 is 1.12 bits per heavy atom. The summed E-state index contributed by atoms with van der Waals surface area (Å²) in [5.41, 5.74) is 2.06. The van der Waals surface area contributed by atoms with E-state index in [-0.39, 0.29) is 5.82 Å². The van der Waals surface area contributed by atoms with E-state index < -0.39 is 0 Å². The Bertz CT molecular complexity index is 835. The summed E-state index contributed by atoms with van der Waals surface area (Å²) in [4.78, 5) is 15.2. The smallest absolute Gasteiger partial charge is 0.185 e. The summed E-state index contributed by atoms with van der Waals surface area (Å²) in [5, 5.41) is 4.19. The quantitative estimate of drug-likeness (QED) is 0.690. The number of aromatic nitrogens is 2. The number of anilines is 1. The van der Waals surface area contributed by atoms with Crippen LogP contribution in [-0.4, -0.2) is 41.0 Å². The molecule has 0 unspecified atom stereocenters. The van der Waals surface area contributed by atoms with Gasteiger partial charge in [0.15, 0.2) is 5.13 Å². The van der Waals surface area contributed by atoms with Crippen molar-refractivity contribution in [1.29, 1.82) is 0 Å². The van der Waals surface area contributed by atoms with Gasteiger partial charge in [0.1, 0.15) is 10.8 Å². The van der Waals surface area contributed by atoms with Gasteiger partial charge in [-0.15, -0.1) is 22.7 Å². The molecule has 0 aliphatic carbocycles. The van der Waals surface area contributed by atoms with Crippen LogP contribution in [0, 0.1) is 12.7 Å². The van der Waals surface area contributed by atoms with Crippen LogP contribution in [0.2, 0.25) is 0 Å². The first kappa shape index (κ1) is 16.6. The molecule has 0 bridgehead atoms. The summed E-state index contributed by atoms with van der Waals surface area (Å²) in [6.07, 6.45) is 1.94. The molecule has 1 fully saturated rings. The first-order valence-electron chi connectivity index (χ1n) is 8.27. The number of benzene rings is 1. The van der Waals surface area contributed by atoms with Crippen molar-refractivity contribution in [3.05, 3.63) is 52.2 Å². The van der Waals surface area contributed by atoms with Crippen molar-refractivity contribution in [3.8, 4) is 10.6 Å². The highest BCUT2D eigenvalue weighted by molar-refractivity contribution is 7.15. The second-order valence-corrected chi connectivity index (χ2v) is 8.24. The highest BCUT2D eigenvalue weighted by Crippen LogP contribution is 2.26. The van der Waals surface area contributed by atoms with E-state index in [4.69, 9.17) is 4.98 Å². The van der Waals surface area contributed by atoms with Crippen molar-refractivity contribution < 1.29 is 4.39 Å².